The number of amides is 1. The van der Waals surface area contributed by atoms with Crippen LogP contribution in [0.1, 0.15) is 17.3 Å². The maximum atomic E-state index is 12.7. The second-order valence-electron chi connectivity index (χ2n) is 6.09. The van der Waals surface area contributed by atoms with E-state index in [2.05, 4.69) is 10.2 Å². The van der Waals surface area contributed by atoms with Gasteiger partial charge in [0, 0.05) is 29.7 Å². The van der Waals surface area contributed by atoms with Crippen molar-refractivity contribution in [2.24, 2.45) is 0 Å². The molecule has 9 heteroatoms. The fourth-order valence-corrected chi connectivity index (χ4v) is 3.13. The number of rotatable bonds is 6. The van der Waals surface area contributed by atoms with Gasteiger partial charge in [-0.25, -0.2) is 0 Å². The van der Waals surface area contributed by atoms with E-state index in [9.17, 15) is 14.9 Å². The van der Waals surface area contributed by atoms with E-state index in [0.29, 0.717) is 37.0 Å². The number of nitrogens with one attached hydrogen (secondary N) is 1. The molecule has 0 bridgehead atoms. The fraction of sp³-hybridized carbons (Fsp3) is 0.316. The average molecular weight is 406 g/mol. The minimum absolute atomic E-state index is 0.126. The Hall–Kier alpha value is -2.84. The van der Waals surface area contributed by atoms with Crippen LogP contribution < -0.4 is 15.0 Å². The Kier molecular flexibility index (Phi) is 6.33. The maximum absolute atomic E-state index is 12.7. The third kappa shape index (κ3) is 4.52. The summed E-state index contributed by atoms with van der Waals surface area (Å²) >= 11 is 6.11. The molecule has 0 aliphatic carbocycles. The first-order valence-electron chi connectivity index (χ1n) is 8.84. The van der Waals surface area contributed by atoms with Crippen LogP contribution in [0.15, 0.2) is 36.4 Å². The molecule has 0 spiro atoms. The monoisotopic (exact) mass is 405 g/mol. The lowest BCUT2D eigenvalue weighted by Crippen LogP contribution is -2.36. The van der Waals surface area contributed by atoms with Gasteiger partial charge in [-0.3, -0.25) is 14.9 Å². The van der Waals surface area contributed by atoms with Crippen LogP contribution in [-0.2, 0) is 4.74 Å². The van der Waals surface area contributed by atoms with Crippen LogP contribution in [0.25, 0.3) is 0 Å². The van der Waals surface area contributed by atoms with E-state index in [-0.39, 0.29) is 23.6 Å². The van der Waals surface area contributed by atoms with Gasteiger partial charge in [0.25, 0.3) is 5.91 Å². The van der Waals surface area contributed by atoms with Crippen molar-refractivity contribution in [1.82, 2.24) is 0 Å². The molecule has 2 aromatic rings. The molecule has 0 aromatic heterocycles. The number of nitro benzene ring substituents is 1. The van der Waals surface area contributed by atoms with Crippen LogP contribution in [-0.4, -0.2) is 43.7 Å². The highest BCUT2D eigenvalue weighted by atomic mass is 35.5. The van der Waals surface area contributed by atoms with Crippen LogP contribution in [0.5, 0.6) is 5.75 Å². The molecule has 28 heavy (non-hydrogen) atoms. The Labute approximate surface area is 167 Å². The molecule has 1 N–H and O–H groups in total. The Morgan fingerprint density at radius 3 is 2.71 bits per heavy atom. The molecule has 2 aromatic carbocycles. The third-order valence-electron chi connectivity index (χ3n) is 4.28. The average Bonchev–Trinajstić information content (AvgIpc) is 2.69. The van der Waals surface area contributed by atoms with E-state index < -0.39 is 10.8 Å². The van der Waals surface area contributed by atoms with Gasteiger partial charge in [0.15, 0.2) is 5.75 Å². The number of hydrogen-bond donors (Lipinski definition) is 1. The van der Waals surface area contributed by atoms with Gasteiger partial charge in [-0.1, -0.05) is 11.6 Å². The number of morpholine rings is 1. The van der Waals surface area contributed by atoms with Crippen LogP contribution in [0.4, 0.5) is 17.1 Å². The first-order chi connectivity index (χ1) is 13.5. The van der Waals surface area contributed by atoms with Crippen molar-refractivity contribution >= 4 is 34.6 Å². The molecule has 1 heterocycles. The second-order valence-corrected chi connectivity index (χ2v) is 6.52. The smallest absolute Gasteiger partial charge is 0.311 e. The predicted molar refractivity (Wildman–Crippen MR) is 107 cm³/mol. The summed E-state index contributed by atoms with van der Waals surface area (Å²) < 4.78 is 10.6. The number of hydrogen-bond acceptors (Lipinski definition) is 6. The number of anilines is 2. The summed E-state index contributed by atoms with van der Waals surface area (Å²) in [4.78, 5) is 25.6. The van der Waals surface area contributed by atoms with Crippen molar-refractivity contribution in [2.75, 3.05) is 43.1 Å². The molecule has 8 nitrogen and oxygen atoms in total. The van der Waals surface area contributed by atoms with Gasteiger partial charge >= 0.3 is 5.69 Å². The SMILES string of the molecule is CCOc1ccc(C(=O)Nc2cc(Cl)ccc2N2CCOCC2)cc1[N+](=O)[O-]. The Morgan fingerprint density at radius 2 is 2.04 bits per heavy atom. The summed E-state index contributed by atoms with van der Waals surface area (Å²) in [6.45, 7) is 4.61. The zero-order valence-electron chi connectivity index (χ0n) is 15.3. The van der Waals surface area contributed by atoms with Crippen LogP contribution in [0.3, 0.4) is 0 Å². The molecule has 1 fully saturated rings. The highest BCUT2D eigenvalue weighted by Crippen LogP contribution is 2.32. The minimum Gasteiger partial charge on any atom is -0.487 e. The van der Waals surface area contributed by atoms with Crippen molar-refractivity contribution in [3.05, 3.63) is 57.1 Å². The van der Waals surface area contributed by atoms with Crippen LogP contribution in [0.2, 0.25) is 5.02 Å². The zero-order valence-corrected chi connectivity index (χ0v) is 16.1. The lowest BCUT2D eigenvalue weighted by atomic mass is 10.1. The molecular formula is C19H20ClN3O5. The minimum atomic E-state index is -0.569. The van der Waals surface area contributed by atoms with Crippen molar-refractivity contribution in [2.45, 2.75) is 6.92 Å². The van der Waals surface area contributed by atoms with Gasteiger partial charge in [-0.2, -0.15) is 0 Å². The fourth-order valence-electron chi connectivity index (χ4n) is 2.96. The molecule has 1 aliphatic rings. The summed E-state index contributed by atoms with van der Waals surface area (Å²) in [6.07, 6.45) is 0. The molecule has 1 aliphatic heterocycles. The molecule has 0 radical (unpaired) electrons. The quantitative estimate of drug-likeness (QED) is 0.581. The Bertz CT molecular complexity index is 884. The number of carbonyl (C=O) groups is 1. The standard InChI is InChI=1S/C19H20ClN3O5/c1-2-28-18-6-3-13(11-17(18)23(25)26)19(24)21-15-12-14(20)4-5-16(15)22-7-9-27-10-8-22/h3-6,11-12H,2,7-10H2,1H3,(H,21,24). The van der Waals surface area contributed by atoms with Crippen LogP contribution >= 0.6 is 11.6 Å². The topological polar surface area (TPSA) is 93.9 Å². The van der Waals surface area contributed by atoms with Gasteiger partial charge in [-0.15, -0.1) is 0 Å². The van der Waals surface area contributed by atoms with Gasteiger partial charge < -0.3 is 19.7 Å². The Balaban J connectivity index is 1.87. The normalized spacial score (nSPS) is 13.9. The number of nitro groups is 1. The summed E-state index contributed by atoms with van der Waals surface area (Å²) in [6, 6.07) is 9.38. The van der Waals surface area contributed by atoms with Gasteiger partial charge in [0.1, 0.15) is 0 Å². The van der Waals surface area contributed by atoms with E-state index in [1.165, 1.54) is 18.2 Å². The summed E-state index contributed by atoms with van der Waals surface area (Å²) in [5.41, 5.74) is 1.26. The second kappa shape index (κ2) is 8.90. The van der Waals surface area contributed by atoms with Crippen molar-refractivity contribution in [3.63, 3.8) is 0 Å². The molecule has 148 valence electrons. The van der Waals surface area contributed by atoms with E-state index in [1.807, 2.05) is 6.07 Å². The molecule has 3 rings (SSSR count). The van der Waals surface area contributed by atoms with E-state index in [0.717, 1.165) is 5.69 Å². The molecule has 1 amide bonds. The van der Waals surface area contributed by atoms with Crippen molar-refractivity contribution in [3.8, 4) is 5.75 Å². The molecule has 0 saturated carbocycles. The van der Waals surface area contributed by atoms with Gasteiger partial charge in [0.05, 0.1) is 36.1 Å². The number of halogens is 1. The number of benzene rings is 2. The Morgan fingerprint density at radius 1 is 1.29 bits per heavy atom. The van der Waals surface area contributed by atoms with E-state index >= 15 is 0 Å². The van der Waals surface area contributed by atoms with Crippen molar-refractivity contribution < 1.29 is 19.2 Å². The maximum Gasteiger partial charge on any atom is 0.311 e. The molecule has 0 atom stereocenters. The number of nitrogens with zero attached hydrogens (tertiary/aromatic N) is 2. The molecule has 1 saturated heterocycles. The highest BCUT2D eigenvalue weighted by Gasteiger charge is 2.21. The zero-order chi connectivity index (χ0) is 20.1. The van der Waals surface area contributed by atoms with Gasteiger partial charge in [-0.05, 0) is 37.3 Å². The number of carbonyl (C=O) groups excluding carboxylic acids is 1. The largest absolute Gasteiger partial charge is 0.487 e. The molecular weight excluding hydrogens is 386 g/mol. The molecule has 0 unspecified atom stereocenters. The van der Waals surface area contributed by atoms with Crippen LogP contribution in [0, 0.1) is 10.1 Å². The third-order valence-corrected chi connectivity index (χ3v) is 4.51. The van der Waals surface area contributed by atoms with Gasteiger partial charge in [0.2, 0.25) is 0 Å². The first-order valence-corrected chi connectivity index (χ1v) is 9.22. The lowest BCUT2D eigenvalue weighted by molar-refractivity contribution is -0.385. The van der Waals surface area contributed by atoms with Crippen molar-refractivity contribution in [1.29, 1.82) is 0 Å². The van der Waals surface area contributed by atoms with E-state index in [1.54, 1.807) is 19.1 Å². The van der Waals surface area contributed by atoms with E-state index in [4.69, 9.17) is 21.1 Å². The predicted octanol–water partition coefficient (Wildman–Crippen LogP) is 3.74. The number of ether oxygens (including phenoxy) is 2. The summed E-state index contributed by atoms with van der Waals surface area (Å²) in [5, 5.41) is 14.6. The first kappa shape index (κ1) is 19.9. The lowest BCUT2D eigenvalue weighted by Gasteiger charge is -2.30. The summed E-state index contributed by atoms with van der Waals surface area (Å²) in [5.74, 6) is -0.344. The highest BCUT2D eigenvalue weighted by molar-refractivity contribution is 6.31. The summed E-state index contributed by atoms with van der Waals surface area (Å²) in [7, 11) is 0.